The van der Waals surface area contributed by atoms with Crippen LogP contribution in [0.25, 0.3) is 11.1 Å². The second-order valence-electron chi connectivity index (χ2n) is 14.0. The third kappa shape index (κ3) is 16.2. The number of halogens is 1. The number of aromatic nitrogens is 2. The number of hydrogen-bond acceptors (Lipinski definition) is 19. The summed E-state index contributed by atoms with van der Waals surface area (Å²) in [4.78, 5) is 38.0. The van der Waals surface area contributed by atoms with Crippen molar-refractivity contribution >= 4 is 41.0 Å². The second-order valence-corrected chi connectivity index (χ2v) is 14.4. The number of nitrogens with two attached hydrogens (primary N) is 3. The SMILES string of the molecule is NC(=NCCCCc1ccc(-c2ccc(OCC(=O)NCCN(C[C@H](O)[C@@H](O)[C@H](O)[C@H](O)CO)C[C@H](O)[C@@H](O)[C@H](O)[C@H](O)CO)cc2)cc1)NC(=O)c1nc(Cl)c(N)nc1N. The van der Waals surface area contributed by atoms with Crippen molar-refractivity contribution in [2.45, 2.75) is 68.1 Å². The molecule has 338 valence electrons. The van der Waals surface area contributed by atoms with Crippen LogP contribution in [-0.4, -0.2) is 185 Å². The van der Waals surface area contributed by atoms with Gasteiger partial charge in [0.05, 0.1) is 25.4 Å². The third-order valence-electron chi connectivity index (χ3n) is 9.32. The molecule has 0 saturated heterocycles. The highest BCUT2D eigenvalue weighted by Gasteiger charge is 2.34. The van der Waals surface area contributed by atoms with Gasteiger partial charge >= 0.3 is 0 Å². The number of unbranched alkanes of at least 4 members (excludes halogenated alkanes) is 1. The first-order chi connectivity index (χ1) is 28.9. The monoisotopic (exact) mass is 881 g/mol. The molecule has 22 nitrogen and oxygen atoms in total. The van der Waals surface area contributed by atoms with E-state index in [4.69, 9.17) is 43.8 Å². The van der Waals surface area contributed by atoms with E-state index in [-0.39, 0.29) is 48.1 Å². The topological polar surface area (TPSA) is 389 Å². The number of nitrogens with one attached hydrogen (secondary N) is 2. The number of ether oxygens (including phenoxy) is 1. The van der Waals surface area contributed by atoms with Crippen molar-refractivity contribution in [3.05, 3.63) is 64.9 Å². The van der Waals surface area contributed by atoms with Crippen LogP contribution in [0.2, 0.25) is 5.15 Å². The van der Waals surface area contributed by atoms with E-state index in [2.05, 4.69) is 25.6 Å². The highest BCUT2D eigenvalue weighted by molar-refractivity contribution is 6.31. The van der Waals surface area contributed by atoms with Crippen molar-refractivity contribution in [1.82, 2.24) is 25.5 Å². The normalized spacial score (nSPS) is 15.9. The molecule has 1 heterocycles. The van der Waals surface area contributed by atoms with Crippen molar-refractivity contribution in [2.75, 3.05) is 64.0 Å². The summed E-state index contributed by atoms with van der Waals surface area (Å²) in [5.41, 5.74) is 19.8. The lowest BCUT2D eigenvalue weighted by Crippen LogP contribution is -2.54. The number of aliphatic imine (C=N–C) groups is 1. The van der Waals surface area contributed by atoms with Gasteiger partial charge in [0.15, 0.2) is 35.0 Å². The Morgan fingerprint density at radius 2 is 1.28 bits per heavy atom. The molecule has 0 aliphatic heterocycles. The molecule has 0 aliphatic rings. The van der Waals surface area contributed by atoms with Gasteiger partial charge in [-0.3, -0.25) is 24.8 Å². The van der Waals surface area contributed by atoms with Crippen LogP contribution < -0.4 is 32.6 Å². The highest BCUT2D eigenvalue weighted by atomic mass is 35.5. The van der Waals surface area contributed by atoms with Gasteiger partial charge in [0.25, 0.3) is 11.8 Å². The van der Waals surface area contributed by atoms with E-state index in [1.165, 1.54) is 4.90 Å². The van der Waals surface area contributed by atoms with Gasteiger partial charge in [-0.05, 0) is 48.1 Å². The van der Waals surface area contributed by atoms with Crippen molar-refractivity contribution in [1.29, 1.82) is 0 Å². The Hall–Kier alpha value is -4.82. The van der Waals surface area contributed by atoms with E-state index in [1.54, 1.807) is 12.1 Å². The molecule has 23 heteroatoms. The fourth-order valence-electron chi connectivity index (χ4n) is 5.75. The maximum Gasteiger partial charge on any atom is 0.280 e. The van der Waals surface area contributed by atoms with Crippen molar-refractivity contribution in [2.24, 2.45) is 10.7 Å². The van der Waals surface area contributed by atoms with Gasteiger partial charge < -0.3 is 78.3 Å². The number of carbonyl (C=O) groups is 2. The van der Waals surface area contributed by atoms with Gasteiger partial charge in [0.1, 0.15) is 42.4 Å². The van der Waals surface area contributed by atoms with Crippen LogP contribution >= 0.6 is 11.6 Å². The van der Waals surface area contributed by atoms with Crippen LogP contribution in [-0.2, 0) is 11.2 Å². The Balaban J connectivity index is 1.44. The van der Waals surface area contributed by atoms with Gasteiger partial charge in [0.2, 0.25) is 0 Å². The van der Waals surface area contributed by atoms with E-state index in [9.17, 15) is 50.4 Å². The number of aliphatic hydroxyl groups is 10. The summed E-state index contributed by atoms with van der Waals surface area (Å²) in [6.45, 7) is -2.96. The average molecular weight is 882 g/mol. The quantitative estimate of drug-likeness (QED) is 0.0217. The standard InChI is InChI=1S/C38H56ClN9O13/c39-34-36(41)46-35(40)29(45-34)37(60)47-38(42)44-12-2-1-3-20-4-6-21(7-5-20)22-8-10-23(11-9-22)61-19-28(55)43-13-14-48(15-24(51)30(56)32(58)26(53)17-49)16-25(52)31(57)33(59)27(54)18-50/h4-11,24-27,30-33,49-54,56-59H,1-3,12-19H2,(H,43,55)(H4,40,41,46)(H3,42,44,47,60)/t24-,25-,26+,27+,30+,31+,32+,33+/m0/s1. The molecule has 8 atom stereocenters. The first kappa shape index (κ1) is 50.5. The Labute approximate surface area is 355 Å². The number of carbonyl (C=O) groups excluding carboxylic acids is 2. The molecule has 0 bridgehead atoms. The minimum atomic E-state index is -1.94. The molecule has 1 aromatic heterocycles. The smallest absolute Gasteiger partial charge is 0.280 e. The van der Waals surface area contributed by atoms with Crippen LogP contribution in [0.5, 0.6) is 5.75 Å². The fourth-order valence-corrected chi connectivity index (χ4v) is 5.88. The number of rotatable bonds is 25. The highest BCUT2D eigenvalue weighted by Crippen LogP contribution is 2.24. The number of aliphatic hydroxyl groups excluding tert-OH is 10. The third-order valence-corrected chi connectivity index (χ3v) is 9.60. The van der Waals surface area contributed by atoms with Gasteiger partial charge in [0, 0.05) is 32.7 Å². The van der Waals surface area contributed by atoms with Gasteiger partial charge in [-0.1, -0.05) is 48.0 Å². The molecule has 0 saturated carbocycles. The number of anilines is 2. The zero-order chi connectivity index (χ0) is 45.2. The Kier molecular flexibility index (Phi) is 20.9. The number of benzene rings is 2. The van der Waals surface area contributed by atoms with Crippen LogP contribution in [0.1, 0.15) is 28.9 Å². The first-order valence-corrected chi connectivity index (χ1v) is 19.5. The van der Waals surface area contributed by atoms with E-state index >= 15 is 0 Å². The Morgan fingerprint density at radius 3 is 1.82 bits per heavy atom. The van der Waals surface area contributed by atoms with Crippen molar-refractivity contribution in [3.63, 3.8) is 0 Å². The van der Waals surface area contributed by atoms with Crippen LogP contribution in [0.3, 0.4) is 0 Å². The second kappa shape index (κ2) is 25.2. The number of nitrogen functional groups attached to an aromatic ring is 2. The lowest BCUT2D eigenvalue weighted by molar-refractivity contribution is -0.130. The fraction of sp³-hybridized carbons (Fsp3) is 0.500. The molecule has 0 spiro atoms. The van der Waals surface area contributed by atoms with E-state index in [1.807, 2.05) is 36.4 Å². The zero-order valence-electron chi connectivity index (χ0n) is 33.1. The zero-order valence-corrected chi connectivity index (χ0v) is 33.9. The average Bonchev–Trinajstić information content (AvgIpc) is 3.25. The molecule has 61 heavy (non-hydrogen) atoms. The number of aryl methyl sites for hydroxylation is 1. The van der Waals surface area contributed by atoms with Gasteiger partial charge in [-0.15, -0.1) is 0 Å². The predicted molar refractivity (Wildman–Crippen MR) is 222 cm³/mol. The summed E-state index contributed by atoms with van der Waals surface area (Å²) < 4.78 is 5.60. The summed E-state index contributed by atoms with van der Waals surface area (Å²) >= 11 is 5.82. The summed E-state index contributed by atoms with van der Waals surface area (Å²) in [6.07, 6.45) is -12.5. The largest absolute Gasteiger partial charge is 0.484 e. The van der Waals surface area contributed by atoms with Crippen molar-refractivity contribution in [3.8, 4) is 16.9 Å². The van der Waals surface area contributed by atoms with Crippen LogP contribution in [0.15, 0.2) is 53.5 Å². The maximum absolute atomic E-state index is 12.6. The molecule has 3 aromatic rings. The molecule has 0 aliphatic carbocycles. The molecule has 2 amide bonds. The Bertz CT molecular complexity index is 1820. The summed E-state index contributed by atoms with van der Waals surface area (Å²) in [5, 5.41) is 104. The van der Waals surface area contributed by atoms with E-state index in [0.29, 0.717) is 18.7 Å². The van der Waals surface area contributed by atoms with Gasteiger partial charge in [-0.25, -0.2) is 9.97 Å². The van der Waals surface area contributed by atoms with Crippen molar-refractivity contribution < 1.29 is 65.4 Å². The molecular formula is C38H56ClN9O13. The lowest BCUT2D eigenvalue weighted by Gasteiger charge is -2.33. The molecule has 2 aromatic carbocycles. The molecule has 0 radical (unpaired) electrons. The van der Waals surface area contributed by atoms with E-state index < -0.39 is 86.9 Å². The van der Waals surface area contributed by atoms with Crippen LogP contribution in [0, 0.1) is 0 Å². The lowest BCUT2D eigenvalue weighted by atomic mass is 10.0. The number of nitrogens with zero attached hydrogens (tertiary/aromatic N) is 4. The summed E-state index contributed by atoms with van der Waals surface area (Å²) in [6, 6.07) is 15.0. The first-order valence-electron chi connectivity index (χ1n) is 19.1. The van der Waals surface area contributed by atoms with Gasteiger partial charge in [-0.2, -0.15) is 0 Å². The summed E-state index contributed by atoms with van der Waals surface area (Å²) in [7, 11) is 0. The maximum atomic E-state index is 12.6. The summed E-state index contributed by atoms with van der Waals surface area (Å²) in [5.74, 6) is -1.24. The predicted octanol–water partition coefficient (Wildman–Crippen LogP) is -4.30. The molecular weight excluding hydrogens is 826 g/mol. The number of hydrogen-bond donors (Lipinski definition) is 15. The number of guanidine groups is 1. The minimum Gasteiger partial charge on any atom is -0.484 e. The minimum absolute atomic E-state index is 0.0937. The Morgan fingerprint density at radius 1 is 0.754 bits per heavy atom. The molecule has 3 rings (SSSR count). The van der Waals surface area contributed by atoms with E-state index in [0.717, 1.165) is 29.5 Å². The van der Waals surface area contributed by atoms with Crippen LogP contribution in [0.4, 0.5) is 11.6 Å². The molecule has 0 unspecified atom stereocenters. The number of amides is 2. The molecule has 18 N–H and O–H groups in total. The molecule has 0 fully saturated rings.